The van der Waals surface area contributed by atoms with E-state index in [4.69, 9.17) is 0 Å². The lowest BCUT2D eigenvalue weighted by molar-refractivity contribution is 0.818. The van der Waals surface area contributed by atoms with Gasteiger partial charge in [-0.3, -0.25) is 0 Å². The van der Waals surface area contributed by atoms with Crippen molar-refractivity contribution in [3.63, 3.8) is 0 Å². The highest BCUT2D eigenvalue weighted by atomic mass is 32.2. The fourth-order valence-corrected chi connectivity index (χ4v) is 3.84. The largest absolute Gasteiger partial charge is 0.337 e. The number of rotatable bonds is 2. The molecule has 0 spiro atoms. The number of nitrogens with zero attached hydrogens (tertiary/aromatic N) is 6. The molecule has 0 bridgehead atoms. The van der Waals surface area contributed by atoms with Gasteiger partial charge in [0.05, 0.1) is 17.7 Å². The van der Waals surface area contributed by atoms with Crippen molar-refractivity contribution >= 4 is 34.4 Å². The van der Waals surface area contributed by atoms with Crippen molar-refractivity contribution in [3.8, 4) is 0 Å². The summed E-state index contributed by atoms with van der Waals surface area (Å²) in [4.78, 5) is 22.7. The van der Waals surface area contributed by atoms with Crippen LogP contribution in [0.5, 0.6) is 0 Å². The van der Waals surface area contributed by atoms with Crippen LogP contribution in [0.25, 0.3) is 11.2 Å². The summed E-state index contributed by atoms with van der Waals surface area (Å²) in [5.74, 6) is 0.800. The van der Waals surface area contributed by atoms with Crippen molar-refractivity contribution in [2.45, 2.75) is 23.4 Å². The van der Waals surface area contributed by atoms with Gasteiger partial charge in [-0.2, -0.15) is 0 Å². The Morgan fingerprint density at radius 2 is 2.00 bits per heavy atom. The fraction of sp³-hybridized carbons (Fsp3) is 0.118. The monoisotopic (exact) mass is 347 g/mol. The Labute approximate surface area is 147 Å². The van der Waals surface area contributed by atoms with Gasteiger partial charge in [-0.15, -0.1) is 0 Å². The Morgan fingerprint density at radius 1 is 1.08 bits per heavy atom. The highest BCUT2D eigenvalue weighted by Crippen LogP contribution is 2.42. The summed E-state index contributed by atoms with van der Waals surface area (Å²) in [5.41, 5.74) is 4.84. The van der Waals surface area contributed by atoms with E-state index in [1.807, 2.05) is 13.3 Å². The predicted molar refractivity (Wildman–Crippen MR) is 95.0 cm³/mol. The summed E-state index contributed by atoms with van der Waals surface area (Å²) in [6.45, 7) is 2.68. The van der Waals surface area contributed by atoms with Crippen LogP contribution in [0.4, 0.5) is 11.5 Å². The number of benzene rings is 1. The molecule has 0 unspecified atom stereocenters. The lowest BCUT2D eigenvalue weighted by Crippen LogP contribution is -2.05. The molecule has 1 aliphatic rings. The van der Waals surface area contributed by atoms with Gasteiger partial charge in [0.25, 0.3) is 0 Å². The molecule has 4 heterocycles. The van der Waals surface area contributed by atoms with Gasteiger partial charge in [-0.1, -0.05) is 17.8 Å². The number of hydrogen-bond acceptors (Lipinski definition) is 7. The third-order valence-electron chi connectivity index (χ3n) is 4.11. The first-order chi connectivity index (χ1) is 12.3. The zero-order chi connectivity index (χ0) is 16.8. The van der Waals surface area contributed by atoms with E-state index in [2.05, 4.69) is 53.0 Å². The van der Waals surface area contributed by atoms with E-state index < -0.39 is 0 Å². The van der Waals surface area contributed by atoms with E-state index >= 15 is 0 Å². The van der Waals surface area contributed by atoms with Crippen molar-refractivity contribution in [1.29, 1.82) is 0 Å². The minimum Gasteiger partial charge on any atom is -0.337 e. The Hall–Kier alpha value is -3.00. The maximum Gasteiger partial charge on any atom is 0.181 e. The molecule has 0 saturated heterocycles. The standard InChI is InChI=1S/C17H13N7S/c1-10-14-15(21-8-20-10)22-9-24(14)7-11-2-3-13-12(6-11)23-16-17(25-13)19-5-4-18-16/h2-6,8-9H,7H2,1H3,(H,18,23). The lowest BCUT2D eigenvalue weighted by atomic mass is 10.2. The van der Waals surface area contributed by atoms with Gasteiger partial charge < -0.3 is 9.88 Å². The maximum absolute atomic E-state index is 4.37. The topological polar surface area (TPSA) is 81.4 Å². The number of fused-ring (bicyclic) bond motifs is 3. The summed E-state index contributed by atoms with van der Waals surface area (Å²) < 4.78 is 2.08. The molecular formula is C17H13N7S. The van der Waals surface area contributed by atoms with Crippen molar-refractivity contribution < 1.29 is 0 Å². The fourth-order valence-electron chi connectivity index (χ4n) is 2.96. The van der Waals surface area contributed by atoms with E-state index in [0.717, 1.165) is 38.3 Å². The second kappa shape index (κ2) is 5.52. The van der Waals surface area contributed by atoms with Crippen molar-refractivity contribution in [2.75, 3.05) is 5.32 Å². The molecule has 1 N–H and O–H groups in total. The second-order valence-electron chi connectivity index (χ2n) is 5.77. The van der Waals surface area contributed by atoms with Crippen LogP contribution in [-0.4, -0.2) is 29.5 Å². The van der Waals surface area contributed by atoms with Crippen molar-refractivity contribution in [3.05, 3.63) is 54.5 Å². The molecule has 8 heteroatoms. The Bertz CT molecular complexity index is 1110. The van der Waals surface area contributed by atoms with Gasteiger partial charge in [0.1, 0.15) is 16.9 Å². The highest BCUT2D eigenvalue weighted by Gasteiger charge is 2.18. The van der Waals surface area contributed by atoms with E-state index in [1.165, 1.54) is 5.56 Å². The zero-order valence-corrected chi connectivity index (χ0v) is 14.2. The van der Waals surface area contributed by atoms with Gasteiger partial charge in [0.15, 0.2) is 11.5 Å². The van der Waals surface area contributed by atoms with Crippen LogP contribution in [0.2, 0.25) is 0 Å². The highest BCUT2D eigenvalue weighted by molar-refractivity contribution is 7.99. The van der Waals surface area contributed by atoms with Crippen LogP contribution in [0.3, 0.4) is 0 Å². The maximum atomic E-state index is 4.37. The molecule has 0 radical (unpaired) electrons. The van der Waals surface area contributed by atoms with Gasteiger partial charge in [0, 0.05) is 23.8 Å². The molecule has 4 aromatic rings. The molecule has 7 nitrogen and oxygen atoms in total. The number of anilines is 2. The molecule has 0 amide bonds. The molecule has 0 fully saturated rings. The molecule has 1 aromatic carbocycles. The Morgan fingerprint density at radius 3 is 2.96 bits per heavy atom. The normalized spacial score (nSPS) is 12.5. The SMILES string of the molecule is Cc1ncnc2ncn(Cc3ccc4c(c3)Nc3nccnc3S4)c12. The predicted octanol–water partition coefficient (Wildman–Crippen LogP) is 3.18. The number of aromatic nitrogens is 6. The molecule has 1 aliphatic heterocycles. The summed E-state index contributed by atoms with van der Waals surface area (Å²) in [6, 6.07) is 6.38. The van der Waals surface area contributed by atoms with E-state index in [-0.39, 0.29) is 0 Å². The zero-order valence-electron chi connectivity index (χ0n) is 13.3. The third kappa shape index (κ3) is 2.42. The van der Waals surface area contributed by atoms with Gasteiger partial charge in [-0.05, 0) is 24.6 Å². The van der Waals surface area contributed by atoms with Crippen LogP contribution in [0.1, 0.15) is 11.3 Å². The van der Waals surface area contributed by atoms with Crippen LogP contribution in [0.15, 0.2) is 53.2 Å². The van der Waals surface area contributed by atoms with Crippen LogP contribution in [0, 0.1) is 6.92 Å². The number of hydrogen-bond donors (Lipinski definition) is 1. The lowest BCUT2D eigenvalue weighted by Gasteiger charge is -2.19. The van der Waals surface area contributed by atoms with Crippen LogP contribution in [-0.2, 0) is 6.54 Å². The number of nitrogens with one attached hydrogen (secondary N) is 1. The van der Waals surface area contributed by atoms with Crippen molar-refractivity contribution in [1.82, 2.24) is 29.5 Å². The summed E-state index contributed by atoms with van der Waals surface area (Å²) in [7, 11) is 0. The molecule has 122 valence electrons. The molecule has 3 aromatic heterocycles. The molecular weight excluding hydrogens is 334 g/mol. The van der Waals surface area contributed by atoms with Crippen LogP contribution < -0.4 is 5.32 Å². The van der Waals surface area contributed by atoms with E-state index in [9.17, 15) is 0 Å². The first-order valence-corrected chi connectivity index (χ1v) is 8.61. The smallest absolute Gasteiger partial charge is 0.181 e. The first-order valence-electron chi connectivity index (χ1n) is 7.79. The van der Waals surface area contributed by atoms with Gasteiger partial charge >= 0.3 is 0 Å². The second-order valence-corrected chi connectivity index (χ2v) is 6.80. The quantitative estimate of drug-likeness (QED) is 0.525. The molecule has 0 saturated carbocycles. The Balaban J connectivity index is 1.50. The summed E-state index contributed by atoms with van der Waals surface area (Å²) >= 11 is 1.63. The average Bonchev–Trinajstić information content (AvgIpc) is 3.04. The number of imidazole rings is 1. The summed E-state index contributed by atoms with van der Waals surface area (Å²) in [6.07, 6.45) is 6.77. The van der Waals surface area contributed by atoms with E-state index in [1.54, 1.807) is 30.5 Å². The average molecular weight is 347 g/mol. The van der Waals surface area contributed by atoms with Gasteiger partial charge in [-0.25, -0.2) is 24.9 Å². The Kier molecular flexibility index (Phi) is 3.17. The minimum absolute atomic E-state index is 0.706. The van der Waals surface area contributed by atoms with Gasteiger partial charge in [0.2, 0.25) is 0 Å². The number of aryl methyl sites for hydroxylation is 1. The third-order valence-corrected chi connectivity index (χ3v) is 5.18. The van der Waals surface area contributed by atoms with E-state index in [0.29, 0.717) is 6.54 Å². The van der Waals surface area contributed by atoms with Crippen LogP contribution >= 0.6 is 11.8 Å². The molecule has 0 aliphatic carbocycles. The minimum atomic E-state index is 0.706. The molecule has 5 rings (SSSR count). The molecule has 0 atom stereocenters. The van der Waals surface area contributed by atoms with Crippen molar-refractivity contribution in [2.24, 2.45) is 0 Å². The molecule has 25 heavy (non-hydrogen) atoms. The first kappa shape index (κ1) is 14.4. The summed E-state index contributed by atoms with van der Waals surface area (Å²) in [5, 5.41) is 4.26.